The molecule has 7 rings (SSSR count). The van der Waals surface area contributed by atoms with Gasteiger partial charge < -0.3 is 13.7 Å². The van der Waals surface area contributed by atoms with Gasteiger partial charge in [0.05, 0.1) is 52.7 Å². The number of imidazole rings is 3. The average Bonchev–Trinajstić information content (AvgIpc) is 3.64. The molecule has 0 atom stereocenters. The molecule has 0 radical (unpaired) electrons. The number of rotatable bonds is 6. The van der Waals surface area contributed by atoms with Crippen LogP contribution in [0, 0.1) is 0 Å². The molecule has 3 aromatic carbocycles. The van der Waals surface area contributed by atoms with Crippen LogP contribution in [-0.4, -0.2) is 82.6 Å². The van der Waals surface area contributed by atoms with Crippen LogP contribution in [0.15, 0.2) is 72.8 Å². The molecule has 0 amide bonds. The summed E-state index contributed by atoms with van der Waals surface area (Å²) in [5.74, 6) is 3.33. The molecule has 9 nitrogen and oxygen atoms in total. The minimum atomic E-state index is 0.825. The first-order chi connectivity index (χ1) is 20.5. The predicted molar refractivity (Wildman–Crippen MR) is 168 cm³/mol. The normalized spacial score (nSPS) is 16.4. The van der Waals surface area contributed by atoms with Gasteiger partial charge >= 0.3 is 0 Å². The Bertz CT molecular complexity index is 1620. The topological polar surface area (TPSA) is 63.2 Å². The van der Waals surface area contributed by atoms with Crippen molar-refractivity contribution in [3.05, 3.63) is 90.3 Å². The van der Waals surface area contributed by atoms with Crippen LogP contribution in [0.25, 0.3) is 33.1 Å². The van der Waals surface area contributed by atoms with Crippen molar-refractivity contribution >= 4 is 33.1 Å². The van der Waals surface area contributed by atoms with Crippen molar-refractivity contribution in [1.82, 2.24) is 43.4 Å². The first-order valence-electron chi connectivity index (χ1n) is 14.9. The van der Waals surface area contributed by atoms with Crippen molar-refractivity contribution in [2.75, 3.05) is 39.3 Å². The van der Waals surface area contributed by atoms with E-state index in [2.05, 4.69) is 122 Å². The van der Waals surface area contributed by atoms with E-state index in [-0.39, 0.29) is 0 Å². The molecule has 0 bridgehead atoms. The van der Waals surface area contributed by atoms with Crippen LogP contribution in [0.5, 0.6) is 0 Å². The van der Waals surface area contributed by atoms with Gasteiger partial charge in [-0.2, -0.15) is 0 Å². The van der Waals surface area contributed by atoms with Crippen LogP contribution in [0.4, 0.5) is 0 Å². The number of hydrogen-bond acceptors (Lipinski definition) is 6. The molecule has 0 spiro atoms. The summed E-state index contributed by atoms with van der Waals surface area (Å²) in [4.78, 5) is 22.7. The first kappa shape index (κ1) is 26.8. The monoisotopic (exact) mass is 561 g/mol. The number of fused-ring (bicyclic) bond motifs is 3. The Morgan fingerprint density at radius 3 is 0.952 bits per heavy atom. The summed E-state index contributed by atoms with van der Waals surface area (Å²) in [5.41, 5.74) is 6.74. The Kier molecular flexibility index (Phi) is 7.23. The molecule has 0 aliphatic carbocycles. The Morgan fingerprint density at radius 1 is 0.429 bits per heavy atom. The van der Waals surface area contributed by atoms with E-state index in [0.29, 0.717) is 0 Å². The summed E-state index contributed by atoms with van der Waals surface area (Å²) in [7, 11) is 6.41. The van der Waals surface area contributed by atoms with E-state index in [1.165, 1.54) is 16.6 Å². The molecule has 1 fully saturated rings. The largest absolute Gasteiger partial charge is 0.330 e. The maximum atomic E-state index is 5.00. The van der Waals surface area contributed by atoms with Gasteiger partial charge in [-0.1, -0.05) is 36.4 Å². The fourth-order valence-corrected chi connectivity index (χ4v) is 6.27. The van der Waals surface area contributed by atoms with Crippen molar-refractivity contribution in [3.63, 3.8) is 0 Å². The van der Waals surface area contributed by atoms with Crippen molar-refractivity contribution < 1.29 is 0 Å². The molecule has 0 unspecified atom stereocenters. The van der Waals surface area contributed by atoms with Crippen LogP contribution >= 0.6 is 0 Å². The second-order valence-corrected chi connectivity index (χ2v) is 11.6. The van der Waals surface area contributed by atoms with Crippen molar-refractivity contribution in [1.29, 1.82) is 0 Å². The van der Waals surface area contributed by atoms with Gasteiger partial charge in [-0.05, 0) is 36.4 Å². The molecule has 1 aliphatic rings. The van der Waals surface area contributed by atoms with Gasteiger partial charge in [-0.3, -0.25) is 14.7 Å². The minimum Gasteiger partial charge on any atom is -0.330 e. The summed E-state index contributed by atoms with van der Waals surface area (Å²) in [6.45, 7) is 8.35. The van der Waals surface area contributed by atoms with Crippen molar-refractivity contribution in [2.45, 2.75) is 19.6 Å². The third kappa shape index (κ3) is 5.19. The van der Waals surface area contributed by atoms with Crippen molar-refractivity contribution in [3.8, 4) is 0 Å². The molecule has 42 heavy (non-hydrogen) atoms. The highest BCUT2D eigenvalue weighted by Crippen LogP contribution is 2.19. The number of nitrogens with zero attached hydrogens (tertiary/aromatic N) is 9. The zero-order valence-corrected chi connectivity index (χ0v) is 24.8. The average molecular weight is 562 g/mol. The molecule has 0 N–H and O–H groups in total. The highest BCUT2D eigenvalue weighted by Gasteiger charge is 2.21. The number of hydrogen-bond donors (Lipinski definition) is 0. The molecular weight excluding hydrogens is 522 g/mol. The van der Waals surface area contributed by atoms with Gasteiger partial charge in [0.1, 0.15) is 17.5 Å². The Morgan fingerprint density at radius 2 is 0.690 bits per heavy atom. The van der Waals surface area contributed by atoms with E-state index in [4.69, 9.17) is 15.0 Å². The minimum absolute atomic E-state index is 0.825. The van der Waals surface area contributed by atoms with E-state index in [9.17, 15) is 0 Å². The van der Waals surface area contributed by atoms with Crippen molar-refractivity contribution in [2.24, 2.45) is 21.1 Å². The third-order valence-electron chi connectivity index (χ3n) is 8.93. The Labute approximate surface area is 246 Å². The van der Waals surface area contributed by atoms with Gasteiger partial charge in [-0.25, -0.2) is 15.0 Å². The van der Waals surface area contributed by atoms with E-state index in [0.717, 1.165) is 92.9 Å². The standard InChI is InChI=1S/C33H39N9/c1-37-28-13-7-4-10-25(28)34-31(37)22-40-16-18-41(23-32-35-26-11-5-8-14-29(26)38(32)2)20-21-42(19-17-40)24-33-36-27-12-6-9-15-30(27)39(33)3/h4-15H,16-24H2,1-3H3. The number of para-hydroxylation sites is 6. The Balaban J connectivity index is 1.15. The fraction of sp³-hybridized carbons (Fsp3) is 0.364. The van der Waals surface area contributed by atoms with E-state index in [1.54, 1.807) is 0 Å². The smallest absolute Gasteiger partial charge is 0.123 e. The predicted octanol–water partition coefficient (Wildman–Crippen LogP) is 4.17. The summed E-state index contributed by atoms with van der Waals surface area (Å²) >= 11 is 0. The summed E-state index contributed by atoms with van der Waals surface area (Å²) in [5, 5.41) is 0. The quantitative estimate of drug-likeness (QED) is 0.304. The maximum Gasteiger partial charge on any atom is 0.123 e. The molecule has 3 aromatic heterocycles. The number of benzene rings is 3. The maximum absolute atomic E-state index is 5.00. The van der Waals surface area contributed by atoms with Crippen LogP contribution in [-0.2, 0) is 40.8 Å². The second kappa shape index (κ2) is 11.3. The molecule has 216 valence electrons. The SMILES string of the molecule is Cn1c(CN2CCN(Cc3nc4ccccc4n3C)CCN(Cc3nc4ccccc4n3C)CC2)nc2ccccc21. The van der Waals surface area contributed by atoms with E-state index in [1.807, 2.05) is 0 Å². The van der Waals surface area contributed by atoms with Crippen LogP contribution < -0.4 is 0 Å². The molecule has 1 saturated heterocycles. The zero-order valence-electron chi connectivity index (χ0n) is 24.8. The lowest BCUT2D eigenvalue weighted by Crippen LogP contribution is -2.36. The lowest BCUT2D eigenvalue weighted by atomic mass is 10.3. The highest BCUT2D eigenvalue weighted by atomic mass is 15.3. The first-order valence-corrected chi connectivity index (χ1v) is 14.9. The summed E-state index contributed by atoms with van der Waals surface area (Å²) < 4.78 is 6.74. The third-order valence-corrected chi connectivity index (χ3v) is 8.93. The van der Waals surface area contributed by atoms with Gasteiger partial charge in [-0.15, -0.1) is 0 Å². The fourth-order valence-electron chi connectivity index (χ4n) is 6.27. The van der Waals surface area contributed by atoms with E-state index >= 15 is 0 Å². The molecule has 6 aromatic rings. The highest BCUT2D eigenvalue weighted by molar-refractivity contribution is 5.77. The van der Waals surface area contributed by atoms with Gasteiger partial charge in [0.2, 0.25) is 0 Å². The van der Waals surface area contributed by atoms with Gasteiger partial charge in [0.15, 0.2) is 0 Å². The summed E-state index contributed by atoms with van der Waals surface area (Å²) in [6, 6.07) is 25.2. The molecule has 1 aliphatic heterocycles. The van der Waals surface area contributed by atoms with Crippen LogP contribution in [0.1, 0.15) is 17.5 Å². The molecular formula is C33H39N9. The van der Waals surface area contributed by atoms with E-state index < -0.39 is 0 Å². The molecule has 9 heteroatoms. The van der Waals surface area contributed by atoms with Crippen LogP contribution in [0.2, 0.25) is 0 Å². The Hall–Kier alpha value is -4.05. The number of aromatic nitrogens is 6. The molecule has 0 saturated carbocycles. The zero-order chi connectivity index (χ0) is 28.6. The van der Waals surface area contributed by atoms with Crippen LogP contribution in [0.3, 0.4) is 0 Å². The lowest BCUT2D eigenvalue weighted by Gasteiger charge is -2.25. The van der Waals surface area contributed by atoms with Gasteiger partial charge in [0, 0.05) is 60.4 Å². The second-order valence-electron chi connectivity index (χ2n) is 11.6. The van der Waals surface area contributed by atoms with Gasteiger partial charge in [0.25, 0.3) is 0 Å². The summed E-state index contributed by atoms with van der Waals surface area (Å²) in [6.07, 6.45) is 0. The number of aryl methyl sites for hydroxylation is 3. The lowest BCUT2D eigenvalue weighted by molar-refractivity contribution is 0.202. The molecule has 4 heterocycles.